The number of carboxylic acid groups (broad SMARTS) is 1. The summed E-state index contributed by atoms with van der Waals surface area (Å²) in [6, 6.07) is 10.7. The van der Waals surface area contributed by atoms with Gasteiger partial charge in [0.25, 0.3) is 0 Å². The standard InChI is InChI=1S/C20H18N2O5S2/c21-15-17(24)22-8-20(19(25)26,9-28-18(15)22)29-11-4-5-12-13-3-1-2-10(7-23)16(13)27-14(12)6-11/h1-6,15,18,23H,7-9,21H2,(H,25,26)/t15-,18-,20?/m1/s1. The number of carbonyl (C=O) groups is 2. The summed E-state index contributed by atoms with van der Waals surface area (Å²) in [5, 5.41) is 21.2. The average molecular weight is 431 g/mol. The molecule has 2 saturated heterocycles. The van der Waals surface area contributed by atoms with Crippen LogP contribution < -0.4 is 5.73 Å². The lowest BCUT2D eigenvalue weighted by molar-refractivity contribution is -0.148. The summed E-state index contributed by atoms with van der Waals surface area (Å²) < 4.78 is 4.83. The van der Waals surface area contributed by atoms with Crippen LogP contribution in [-0.2, 0) is 16.2 Å². The molecule has 2 aliphatic rings. The third kappa shape index (κ3) is 2.76. The molecule has 1 aromatic heterocycles. The van der Waals surface area contributed by atoms with Crippen molar-refractivity contribution in [2.75, 3.05) is 12.3 Å². The maximum atomic E-state index is 12.2. The first kappa shape index (κ1) is 18.8. The third-order valence-electron chi connectivity index (χ3n) is 5.52. The Hall–Kier alpha value is -2.20. The Labute approximate surface area is 174 Å². The zero-order chi connectivity index (χ0) is 20.3. The number of nitrogens with zero attached hydrogens (tertiary/aromatic N) is 1. The molecule has 7 nitrogen and oxygen atoms in total. The highest BCUT2D eigenvalue weighted by Gasteiger charge is 2.56. The molecule has 0 spiro atoms. The Bertz CT molecular complexity index is 1160. The first-order valence-corrected chi connectivity index (χ1v) is 11.0. The summed E-state index contributed by atoms with van der Waals surface area (Å²) in [6.07, 6.45) is 0. The van der Waals surface area contributed by atoms with Crippen molar-refractivity contribution in [1.82, 2.24) is 4.90 Å². The monoisotopic (exact) mass is 430 g/mol. The van der Waals surface area contributed by atoms with Gasteiger partial charge in [-0.25, -0.2) is 0 Å². The van der Waals surface area contributed by atoms with Crippen molar-refractivity contribution in [1.29, 1.82) is 0 Å². The lowest BCUT2D eigenvalue weighted by Crippen LogP contribution is -2.73. The Morgan fingerprint density at radius 3 is 2.93 bits per heavy atom. The Kier molecular flexibility index (Phi) is 4.32. The molecule has 1 amide bonds. The van der Waals surface area contributed by atoms with Crippen molar-refractivity contribution in [3.8, 4) is 0 Å². The van der Waals surface area contributed by atoms with E-state index in [4.69, 9.17) is 10.2 Å². The number of para-hydroxylation sites is 1. The number of hydrogen-bond acceptors (Lipinski definition) is 7. The van der Waals surface area contributed by atoms with E-state index in [9.17, 15) is 19.8 Å². The van der Waals surface area contributed by atoms with Gasteiger partial charge in [-0.1, -0.05) is 18.2 Å². The second-order valence-corrected chi connectivity index (χ2v) is 9.87. The van der Waals surface area contributed by atoms with Crippen LogP contribution >= 0.6 is 23.5 Å². The van der Waals surface area contributed by atoms with Crippen LogP contribution in [-0.4, -0.2) is 55.4 Å². The Morgan fingerprint density at radius 2 is 2.17 bits per heavy atom. The summed E-state index contributed by atoms with van der Waals surface area (Å²) in [4.78, 5) is 26.5. The minimum Gasteiger partial charge on any atom is -0.480 e. The summed E-state index contributed by atoms with van der Waals surface area (Å²) in [7, 11) is 0. The first-order chi connectivity index (χ1) is 13.9. The van der Waals surface area contributed by atoms with Gasteiger partial charge in [0.2, 0.25) is 5.91 Å². The van der Waals surface area contributed by atoms with Gasteiger partial charge in [0.15, 0.2) is 0 Å². The predicted octanol–water partition coefficient (Wildman–Crippen LogP) is 2.24. The molecule has 0 aliphatic carbocycles. The predicted molar refractivity (Wildman–Crippen MR) is 112 cm³/mol. The molecule has 3 atom stereocenters. The number of furan rings is 1. The number of β-lactam (4-membered cyclic amide) rings is 1. The van der Waals surface area contributed by atoms with Gasteiger partial charge in [-0.2, -0.15) is 0 Å². The number of aliphatic hydroxyl groups excluding tert-OH is 1. The molecule has 0 bridgehead atoms. The fourth-order valence-electron chi connectivity index (χ4n) is 3.94. The number of nitrogens with two attached hydrogens (primary N) is 1. The number of aliphatic hydroxyl groups is 1. The summed E-state index contributed by atoms with van der Waals surface area (Å²) in [5.74, 6) is -0.784. The minimum absolute atomic E-state index is 0.120. The van der Waals surface area contributed by atoms with Gasteiger partial charge < -0.3 is 25.3 Å². The molecule has 5 rings (SSSR count). The smallest absolute Gasteiger partial charge is 0.322 e. The van der Waals surface area contributed by atoms with Crippen molar-refractivity contribution in [3.63, 3.8) is 0 Å². The maximum Gasteiger partial charge on any atom is 0.322 e. The number of carbonyl (C=O) groups excluding carboxylic acids is 1. The molecule has 2 aromatic carbocycles. The molecule has 3 heterocycles. The Morgan fingerprint density at radius 1 is 1.34 bits per heavy atom. The van der Waals surface area contributed by atoms with E-state index in [1.807, 2.05) is 36.4 Å². The lowest BCUT2D eigenvalue weighted by atomic mass is 10.0. The van der Waals surface area contributed by atoms with Crippen molar-refractivity contribution in [3.05, 3.63) is 42.0 Å². The van der Waals surface area contributed by atoms with Crippen LogP contribution in [0.3, 0.4) is 0 Å². The average Bonchev–Trinajstić information content (AvgIpc) is 3.10. The number of carboxylic acids is 1. The fraction of sp³-hybridized carbons (Fsp3) is 0.300. The minimum atomic E-state index is -1.15. The van der Waals surface area contributed by atoms with Gasteiger partial charge in [0.1, 0.15) is 27.3 Å². The second kappa shape index (κ2) is 6.66. The number of thioether (sulfide) groups is 2. The van der Waals surface area contributed by atoms with E-state index in [2.05, 4.69) is 0 Å². The molecule has 150 valence electrons. The second-order valence-electron chi connectivity index (χ2n) is 7.31. The van der Waals surface area contributed by atoms with Crippen molar-refractivity contribution < 1.29 is 24.2 Å². The van der Waals surface area contributed by atoms with E-state index < -0.39 is 16.8 Å². The van der Waals surface area contributed by atoms with Crippen LogP contribution in [0, 0.1) is 0 Å². The van der Waals surface area contributed by atoms with Gasteiger partial charge in [-0.3, -0.25) is 9.59 Å². The number of benzene rings is 2. The van der Waals surface area contributed by atoms with Gasteiger partial charge in [0, 0.05) is 33.5 Å². The topological polar surface area (TPSA) is 117 Å². The van der Waals surface area contributed by atoms with Crippen LogP contribution in [0.1, 0.15) is 5.56 Å². The molecule has 1 unspecified atom stereocenters. The number of hydrogen-bond donors (Lipinski definition) is 3. The quantitative estimate of drug-likeness (QED) is 0.540. The summed E-state index contributed by atoms with van der Waals surface area (Å²) >= 11 is 2.65. The Balaban J connectivity index is 1.50. The van der Waals surface area contributed by atoms with Crippen molar-refractivity contribution in [2.24, 2.45) is 5.73 Å². The van der Waals surface area contributed by atoms with Crippen LogP contribution in [0.4, 0.5) is 0 Å². The molecule has 29 heavy (non-hydrogen) atoms. The zero-order valence-corrected chi connectivity index (χ0v) is 16.8. The van der Waals surface area contributed by atoms with E-state index >= 15 is 0 Å². The van der Waals surface area contributed by atoms with E-state index in [-0.39, 0.29) is 24.4 Å². The van der Waals surface area contributed by atoms with Crippen LogP contribution in [0.25, 0.3) is 21.9 Å². The lowest BCUT2D eigenvalue weighted by Gasteiger charge is -2.52. The van der Waals surface area contributed by atoms with E-state index in [0.717, 1.165) is 15.7 Å². The highest BCUT2D eigenvalue weighted by Crippen LogP contribution is 2.46. The molecule has 4 N–H and O–H groups in total. The highest BCUT2D eigenvalue weighted by molar-refractivity contribution is 8.05. The van der Waals surface area contributed by atoms with Gasteiger partial charge >= 0.3 is 5.97 Å². The highest BCUT2D eigenvalue weighted by atomic mass is 32.2. The molecule has 0 radical (unpaired) electrons. The van der Waals surface area contributed by atoms with Gasteiger partial charge in [-0.05, 0) is 18.2 Å². The zero-order valence-electron chi connectivity index (χ0n) is 15.2. The van der Waals surface area contributed by atoms with Crippen molar-refractivity contribution >= 4 is 57.3 Å². The van der Waals surface area contributed by atoms with E-state index in [1.54, 1.807) is 4.90 Å². The van der Waals surface area contributed by atoms with Crippen LogP contribution in [0.2, 0.25) is 0 Å². The van der Waals surface area contributed by atoms with E-state index in [1.165, 1.54) is 23.5 Å². The van der Waals surface area contributed by atoms with Gasteiger partial charge in [0.05, 0.1) is 6.61 Å². The first-order valence-electron chi connectivity index (χ1n) is 9.09. The molecule has 3 aromatic rings. The molecule has 0 saturated carbocycles. The van der Waals surface area contributed by atoms with Crippen LogP contribution in [0.15, 0.2) is 45.7 Å². The SMILES string of the molecule is N[C@@H]1C(=O)N2CC(Sc3ccc4c(c3)oc3c(CO)cccc34)(C(=O)O)CS[C@H]12. The van der Waals surface area contributed by atoms with Gasteiger partial charge in [-0.15, -0.1) is 23.5 Å². The fourth-order valence-corrected chi connectivity index (χ4v) is 6.76. The molecular formula is C20H18N2O5S2. The molecule has 2 aliphatic heterocycles. The molecular weight excluding hydrogens is 412 g/mol. The summed E-state index contributed by atoms with van der Waals surface area (Å²) in [5.41, 5.74) is 7.80. The third-order valence-corrected chi connectivity index (χ3v) is 8.58. The number of rotatable bonds is 4. The molecule has 9 heteroatoms. The summed E-state index contributed by atoms with van der Waals surface area (Å²) in [6.45, 7) is 0.00924. The maximum absolute atomic E-state index is 12.2. The largest absolute Gasteiger partial charge is 0.480 e. The van der Waals surface area contributed by atoms with Crippen molar-refractivity contribution in [2.45, 2.75) is 27.7 Å². The van der Waals surface area contributed by atoms with E-state index in [0.29, 0.717) is 22.5 Å². The molecule has 2 fully saturated rings. The van der Waals surface area contributed by atoms with Crippen LogP contribution in [0.5, 0.6) is 0 Å². The number of fused-ring (bicyclic) bond motifs is 4. The number of amides is 1. The number of aliphatic carboxylic acids is 1. The normalized spacial score (nSPS) is 26.6.